The van der Waals surface area contributed by atoms with Crippen LogP contribution in [-0.2, 0) is 4.79 Å². The lowest BCUT2D eigenvalue weighted by atomic mass is 10.0. The summed E-state index contributed by atoms with van der Waals surface area (Å²) in [6.45, 7) is 2.27. The van der Waals surface area contributed by atoms with Gasteiger partial charge >= 0.3 is 0 Å². The first-order valence-corrected chi connectivity index (χ1v) is 11.7. The number of hydrazone groups is 1. The highest BCUT2D eigenvalue weighted by Gasteiger charge is 2.03. The van der Waals surface area contributed by atoms with Gasteiger partial charge in [-0.1, -0.05) is 84.0 Å². The Hall–Kier alpha value is -2.04. The van der Waals surface area contributed by atoms with E-state index >= 15 is 0 Å². The molecule has 1 aromatic carbocycles. The van der Waals surface area contributed by atoms with Gasteiger partial charge < -0.3 is 9.47 Å². The molecule has 1 rings (SSSR count). The maximum absolute atomic E-state index is 11.9. The van der Waals surface area contributed by atoms with Gasteiger partial charge in [-0.2, -0.15) is 5.10 Å². The van der Waals surface area contributed by atoms with Crippen molar-refractivity contribution in [3.8, 4) is 11.5 Å². The highest BCUT2D eigenvalue weighted by molar-refractivity contribution is 5.83. The van der Waals surface area contributed by atoms with Crippen LogP contribution >= 0.6 is 0 Å². The molecule has 5 heteroatoms. The molecule has 170 valence electrons. The molecule has 0 aromatic heterocycles. The number of nitrogens with one attached hydrogen (secondary N) is 1. The van der Waals surface area contributed by atoms with Gasteiger partial charge in [-0.25, -0.2) is 5.43 Å². The minimum Gasteiger partial charge on any atom is -0.493 e. The number of unbranched alkanes of at least 4 members (excludes halogenated alkanes) is 12. The van der Waals surface area contributed by atoms with Crippen LogP contribution in [0.15, 0.2) is 23.3 Å². The molecular formula is C25H42N2O3. The summed E-state index contributed by atoms with van der Waals surface area (Å²) in [4.78, 5) is 11.9. The van der Waals surface area contributed by atoms with E-state index in [4.69, 9.17) is 9.47 Å². The van der Waals surface area contributed by atoms with Crippen LogP contribution in [0.3, 0.4) is 0 Å². The smallest absolute Gasteiger partial charge is 0.240 e. The van der Waals surface area contributed by atoms with Gasteiger partial charge in [0.2, 0.25) is 5.91 Å². The van der Waals surface area contributed by atoms with E-state index in [1.54, 1.807) is 20.4 Å². The molecule has 0 atom stereocenters. The number of methoxy groups -OCH3 is 2. The average Bonchev–Trinajstić information content (AvgIpc) is 2.76. The summed E-state index contributed by atoms with van der Waals surface area (Å²) >= 11 is 0. The van der Waals surface area contributed by atoms with Crippen molar-refractivity contribution < 1.29 is 14.3 Å². The summed E-state index contributed by atoms with van der Waals surface area (Å²) in [5.41, 5.74) is 3.44. The molecule has 0 heterocycles. The van der Waals surface area contributed by atoms with E-state index in [9.17, 15) is 4.79 Å². The average molecular weight is 419 g/mol. The third-order valence-electron chi connectivity index (χ3n) is 5.32. The predicted octanol–water partition coefficient (Wildman–Crippen LogP) is 6.64. The lowest BCUT2D eigenvalue weighted by Crippen LogP contribution is -2.16. The number of nitrogens with zero attached hydrogens (tertiary/aromatic N) is 1. The topological polar surface area (TPSA) is 59.9 Å². The Kier molecular flexibility index (Phi) is 15.4. The minimum absolute atomic E-state index is 0.0326. The summed E-state index contributed by atoms with van der Waals surface area (Å²) in [7, 11) is 3.19. The molecule has 5 nitrogen and oxygen atoms in total. The molecule has 0 unspecified atom stereocenters. The third-order valence-corrected chi connectivity index (χ3v) is 5.32. The molecule has 0 saturated heterocycles. The maximum Gasteiger partial charge on any atom is 0.240 e. The second-order valence-corrected chi connectivity index (χ2v) is 7.90. The van der Waals surface area contributed by atoms with Crippen LogP contribution in [0.1, 0.15) is 102 Å². The summed E-state index contributed by atoms with van der Waals surface area (Å²) in [6.07, 6.45) is 19.1. The van der Waals surface area contributed by atoms with E-state index in [2.05, 4.69) is 17.5 Å². The van der Waals surface area contributed by atoms with E-state index < -0.39 is 0 Å². The third kappa shape index (κ3) is 12.5. The van der Waals surface area contributed by atoms with Crippen molar-refractivity contribution in [2.45, 2.75) is 96.8 Å². The van der Waals surface area contributed by atoms with Crippen LogP contribution in [0, 0.1) is 0 Å². The van der Waals surface area contributed by atoms with Crippen LogP contribution in [0.25, 0.3) is 0 Å². The van der Waals surface area contributed by atoms with Crippen molar-refractivity contribution in [3.05, 3.63) is 23.8 Å². The summed E-state index contributed by atoms with van der Waals surface area (Å²) in [5, 5.41) is 4.03. The van der Waals surface area contributed by atoms with Gasteiger partial charge in [0.05, 0.1) is 20.4 Å². The van der Waals surface area contributed by atoms with Gasteiger partial charge in [-0.3, -0.25) is 4.79 Å². The highest BCUT2D eigenvalue weighted by Crippen LogP contribution is 2.26. The molecule has 0 aliphatic rings. The van der Waals surface area contributed by atoms with Crippen LogP contribution in [0.4, 0.5) is 0 Å². The van der Waals surface area contributed by atoms with E-state index in [-0.39, 0.29) is 5.91 Å². The van der Waals surface area contributed by atoms with Crippen molar-refractivity contribution in [2.24, 2.45) is 5.10 Å². The number of hydrogen-bond donors (Lipinski definition) is 1. The number of hydrogen-bond acceptors (Lipinski definition) is 4. The summed E-state index contributed by atoms with van der Waals surface area (Å²) in [6, 6.07) is 5.50. The fraction of sp³-hybridized carbons (Fsp3) is 0.680. The molecule has 0 aliphatic heterocycles. The predicted molar refractivity (Wildman–Crippen MR) is 126 cm³/mol. The van der Waals surface area contributed by atoms with E-state index in [0.29, 0.717) is 17.9 Å². The molecule has 0 radical (unpaired) electrons. The van der Waals surface area contributed by atoms with Gasteiger partial charge in [0.1, 0.15) is 0 Å². The van der Waals surface area contributed by atoms with Gasteiger partial charge in [-0.05, 0) is 30.2 Å². The van der Waals surface area contributed by atoms with Crippen molar-refractivity contribution in [1.29, 1.82) is 0 Å². The van der Waals surface area contributed by atoms with E-state index in [1.165, 1.54) is 70.6 Å². The van der Waals surface area contributed by atoms with Gasteiger partial charge in [0.25, 0.3) is 0 Å². The molecule has 0 aliphatic carbocycles. The molecule has 30 heavy (non-hydrogen) atoms. The normalized spacial score (nSPS) is 11.0. The number of carbonyl (C=O) groups excluding carboxylic acids is 1. The molecule has 0 fully saturated rings. The van der Waals surface area contributed by atoms with Crippen molar-refractivity contribution in [2.75, 3.05) is 14.2 Å². The molecule has 0 spiro atoms. The monoisotopic (exact) mass is 418 g/mol. The molecule has 0 saturated carbocycles. The number of rotatable bonds is 18. The molecule has 1 N–H and O–H groups in total. The second kappa shape index (κ2) is 17.8. The Morgan fingerprint density at radius 1 is 0.833 bits per heavy atom. The SMILES string of the molecule is CCCCCCCCCCCCCCCC(=O)N/N=C/c1ccc(OC)c(OC)c1. The Morgan fingerprint density at radius 3 is 1.90 bits per heavy atom. The fourth-order valence-electron chi connectivity index (χ4n) is 3.47. The fourth-order valence-corrected chi connectivity index (χ4v) is 3.47. The summed E-state index contributed by atoms with van der Waals surface area (Å²) < 4.78 is 10.5. The highest BCUT2D eigenvalue weighted by atomic mass is 16.5. The molecular weight excluding hydrogens is 376 g/mol. The largest absolute Gasteiger partial charge is 0.493 e. The number of ether oxygens (including phenoxy) is 2. The summed E-state index contributed by atoms with van der Waals surface area (Å²) in [5.74, 6) is 1.27. The lowest BCUT2D eigenvalue weighted by molar-refractivity contribution is -0.121. The van der Waals surface area contributed by atoms with Gasteiger partial charge in [-0.15, -0.1) is 0 Å². The molecule has 0 bridgehead atoms. The van der Waals surface area contributed by atoms with Crippen molar-refractivity contribution in [1.82, 2.24) is 5.43 Å². The van der Waals surface area contributed by atoms with Crippen LogP contribution in [0.2, 0.25) is 0 Å². The first kappa shape index (κ1) is 26.0. The zero-order valence-corrected chi connectivity index (χ0v) is 19.4. The molecule has 1 amide bonds. The second-order valence-electron chi connectivity index (χ2n) is 7.90. The quantitative estimate of drug-likeness (QED) is 0.165. The first-order valence-electron chi connectivity index (χ1n) is 11.7. The Balaban J connectivity index is 2.00. The Bertz CT molecular complexity index is 602. The van der Waals surface area contributed by atoms with Crippen molar-refractivity contribution >= 4 is 12.1 Å². The Labute approximate surface area is 183 Å². The number of carbonyl (C=O) groups is 1. The Morgan fingerprint density at radius 2 is 1.37 bits per heavy atom. The number of benzene rings is 1. The van der Waals surface area contributed by atoms with E-state index in [0.717, 1.165) is 18.4 Å². The minimum atomic E-state index is -0.0326. The van der Waals surface area contributed by atoms with Crippen LogP contribution in [0.5, 0.6) is 11.5 Å². The maximum atomic E-state index is 11.9. The van der Waals surface area contributed by atoms with Crippen molar-refractivity contribution in [3.63, 3.8) is 0 Å². The number of amides is 1. The van der Waals surface area contributed by atoms with Gasteiger partial charge in [0, 0.05) is 6.42 Å². The molecule has 1 aromatic rings. The van der Waals surface area contributed by atoms with Gasteiger partial charge in [0.15, 0.2) is 11.5 Å². The van der Waals surface area contributed by atoms with E-state index in [1.807, 2.05) is 18.2 Å². The zero-order chi connectivity index (χ0) is 21.9. The standard InChI is InChI=1S/C25H42N2O3/c1-4-5-6-7-8-9-10-11-12-13-14-15-16-17-25(28)27-26-21-22-18-19-23(29-2)24(20-22)30-3/h18-21H,4-17H2,1-3H3,(H,27,28)/b26-21+. The zero-order valence-electron chi connectivity index (χ0n) is 19.4. The van der Waals surface area contributed by atoms with Crippen LogP contribution in [-0.4, -0.2) is 26.3 Å². The lowest BCUT2D eigenvalue weighted by Gasteiger charge is -2.07. The first-order chi connectivity index (χ1) is 14.7. The van der Waals surface area contributed by atoms with Crippen LogP contribution < -0.4 is 14.9 Å².